The second-order valence-corrected chi connectivity index (χ2v) is 5.89. The Kier molecular flexibility index (Phi) is 9.13. The zero-order chi connectivity index (χ0) is 18.8. The first-order valence-electron chi connectivity index (χ1n) is 9.10. The molecule has 6 heteroatoms. The van der Waals surface area contributed by atoms with Crippen LogP contribution in [0.25, 0.3) is 0 Å². The van der Waals surface area contributed by atoms with Crippen LogP contribution in [0.1, 0.15) is 40.0 Å². The Morgan fingerprint density at radius 3 is 2.44 bits per heavy atom. The van der Waals surface area contributed by atoms with Gasteiger partial charge in [0, 0.05) is 32.6 Å². The lowest BCUT2D eigenvalue weighted by Crippen LogP contribution is -2.24. The van der Waals surface area contributed by atoms with E-state index >= 15 is 0 Å². The van der Waals surface area contributed by atoms with Gasteiger partial charge in [0.1, 0.15) is 0 Å². The molecular formula is C19H33N3O3. The van der Waals surface area contributed by atoms with E-state index in [-0.39, 0.29) is 5.91 Å². The number of nitrogens with zero attached hydrogens (tertiary/aromatic N) is 2. The van der Waals surface area contributed by atoms with E-state index in [2.05, 4.69) is 4.90 Å². The van der Waals surface area contributed by atoms with E-state index in [1.54, 1.807) is 26.3 Å². The van der Waals surface area contributed by atoms with Crippen molar-refractivity contribution in [3.63, 3.8) is 0 Å². The number of rotatable bonds is 7. The first-order valence-corrected chi connectivity index (χ1v) is 9.10. The lowest BCUT2D eigenvalue weighted by atomic mass is 10.2. The average Bonchev–Trinajstić information content (AvgIpc) is 3.13. The predicted octanol–water partition coefficient (Wildman–Crippen LogP) is 3.15. The quantitative estimate of drug-likeness (QED) is 0.604. The Morgan fingerprint density at radius 2 is 1.88 bits per heavy atom. The van der Waals surface area contributed by atoms with Gasteiger partial charge in [-0.1, -0.05) is 13.8 Å². The van der Waals surface area contributed by atoms with Crippen LogP contribution in [0.2, 0.25) is 0 Å². The Balaban J connectivity index is 0.00000151. The highest BCUT2D eigenvalue weighted by Gasteiger charge is 2.15. The van der Waals surface area contributed by atoms with E-state index in [0.29, 0.717) is 29.5 Å². The zero-order valence-corrected chi connectivity index (χ0v) is 16.3. The number of carbonyl (C=O) groups is 1. The average molecular weight is 351 g/mol. The number of nitrogens with two attached hydrogens (primary N) is 1. The molecule has 1 aromatic carbocycles. The summed E-state index contributed by atoms with van der Waals surface area (Å²) in [5.41, 5.74) is 7.17. The Hall–Kier alpha value is -1.95. The summed E-state index contributed by atoms with van der Waals surface area (Å²) in [4.78, 5) is 15.5. The van der Waals surface area contributed by atoms with Gasteiger partial charge in [-0.15, -0.1) is 0 Å². The largest absolute Gasteiger partial charge is 0.493 e. The predicted molar refractivity (Wildman–Crippen MR) is 104 cm³/mol. The van der Waals surface area contributed by atoms with Gasteiger partial charge in [0.05, 0.1) is 25.1 Å². The van der Waals surface area contributed by atoms with Gasteiger partial charge in [0.2, 0.25) is 5.91 Å². The molecule has 1 saturated heterocycles. The minimum atomic E-state index is -0.0852. The van der Waals surface area contributed by atoms with Crippen molar-refractivity contribution in [2.24, 2.45) is 0 Å². The first-order chi connectivity index (χ1) is 12.0. The number of nitrogen functional groups attached to an aromatic ring is 1. The van der Waals surface area contributed by atoms with Crippen LogP contribution in [-0.2, 0) is 4.79 Å². The van der Waals surface area contributed by atoms with Crippen LogP contribution in [0, 0.1) is 0 Å². The number of hydrogen-bond acceptors (Lipinski definition) is 5. The van der Waals surface area contributed by atoms with Gasteiger partial charge in [-0.05, 0) is 32.4 Å². The highest BCUT2D eigenvalue weighted by molar-refractivity contribution is 5.95. The lowest BCUT2D eigenvalue weighted by molar-refractivity contribution is -0.116. The van der Waals surface area contributed by atoms with E-state index in [1.807, 2.05) is 13.8 Å². The maximum absolute atomic E-state index is 11.5. The van der Waals surface area contributed by atoms with Gasteiger partial charge in [-0.3, -0.25) is 4.79 Å². The number of hydrogen-bond donors (Lipinski definition) is 1. The van der Waals surface area contributed by atoms with Crippen LogP contribution < -0.4 is 20.1 Å². The molecule has 6 nitrogen and oxygen atoms in total. The third-order valence-electron chi connectivity index (χ3n) is 4.22. The number of ether oxygens (including phenoxy) is 2. The summed E-state index contributed by atoms with van der Waals surface area (Å²) in [5, 5.41) is 0. The van der Waals surface area contributed by atoms with E-state index in [9.17, 15) is 4.79 Å². The Morgan fingerprint density at radius 1 is 1.24 bits per heavy atom. The molecule has 1 aliphatic heterocycles. The summed E-state index contributed by atoms with van der Waals surface area (Å²) in [6, 6.07) is 3.47. The first kappa shape index (κ1) is 21.1. The van der Waals surface area contributed by atoms with Crippen molar-refractivity contribution >= 4 is 17.3 Å². The third kappa shape index (κ3) is 6.12. The van der Waals surface area contributed by atoms with Gasteiger partial charge < -0.3 is 25.0 Å². The van der Waals surface area contributed by atoms with Crippen molar-refractivity contribution < 1.29 is 14.3 Å². The topological polar surface area (TPSA) is 68.0 Å². The number of amides is 1. The van der Waals surface area contributed by atoms with Crippen LogP contribution in [-0.4, -0.2) is 51.2 Å². The second-order valence-electron chi connectivity index (χ2n) is 5.89. The molecule has 2 rings (SSSR count). The minimum Gasteiger partial charge on any atom is -0.493 e. The Labute approximate surface area is 151 Å². The molecule has 142 valence electrons. The van der Waals surface area contributed by atoms with Crippen LogP contribution in [0.5, 0.6) is 11.5 Å². The van der Waals surface area contributed by atoms with Crippen molar-refractivity contribution in [3.8, 4) is 11.5 Å². The molecule has 25 heavy (non-hydrogen) atoms. The number of likely N-dealkylation sites (tertiary alicyclic amines) is 1. The number of benzene rings is 1. The second kappa shape index (κ2) is 10.8. The van der Waals surface area contributed by atoms with Gasteiger partial charge in [0.25, 0.3) is 0 Å². The van der Waals surface area contributed by atoms with Crippen LogP contribution in [0.4, 0.5) is 11.4 Å². The van der Waals surface area contributed by atoms with E-state index in [0.717, 1.165) is 13.0 Å². The van der Waals surface area contributed by atoms with Crippen molar-refractivity contribution in [3.05, 3.63) is 12.1 Å². The van der Waals surface area contributed by atoms with Gasteiger partial charge in [-0.25, -0.2) is 0 Å². The summed E-state index contributed by atoms with van der Waals surface area (Å²) in [5.74, 6) is 1.12. The summed E-state index contributed by atoms with van der Waals surface area (Å²) < 4.78 is 11.2. The van der Waals surface area contributed by atoms with Crippen molar-refractivity contribution in [1.29, 1.82) is 0 Å². The molecule has 0 aliphatic carbocycles. The van der Waals surface area contributed by atoms with E-state index in [1.165, 1.54) is 37.8 Å². The zero-order valence-electron chi connectivity index (χ0n) is 16.3. The molecule has 1 amide bonds. The summed E-state index contributed by atoms with van der Waals surface area (Å²) in [6.45, 7) is 9.57. The van der Waals surface area contributed by atoms with Gasteiger partial charge in [-0.2, -0.15) is 0 Å². The fourth-order valence-corrected chi connectivity index (χ4v) is 2.77. The summed E-state index contributed by atoms with van der Waals surface area (Å²) >= 11 is 0. The number of carbonyl (C=O) groups excluding carboxylic acids is 1. The molecule has 0 radical (unpaired) electrons. The van der Waals surface area contributed by atoms with Gasteiger partial charge in [0.15, 0.2) is 11.5 Å². The highest BCUT2D eigenvalue weighted by atomic mass is 16.5. The van der Waals surface area contributed by atoms with Crippen molar-refractivity contribution in [2.45, 2.75) is 40.0 Å². The molecule has 0 bridgehead atoms. The fourth-order valence-electron chi connectivity index (χ4n) is 2.77. The molecule has 2 N–H and O–H groups in total. The van der Waals surface area contributed by atoms with Crippen molar-refractivity contribution in [1.82, 2.24) is 4.90 Å². The monoisotopic (exact) mass is 351 g/mol. The van der Waals surface area contributed by atoms with Crippen LogP contribution in [0.3, 0.4) is 0 Å². The normalized spacial score (nSPS) is 13.8. The molecule has 0 saturated carbocycles. The molecule has 0 spiro atoms. The summed E-state index contributed by atoms with van der Waals surface area (Å²) in [7, 11) is 3.27. The van der Waals surface area contributed by atoms with Crippen LogP contribution >= 0.6 is 0 Å². The van der Waals surface area contributed by atoms with Crippen molar-refractivity contribution in [2.75, 3.05) is 51.0 Å². The third-order valence-corrected chi connectivity index (χ3v) is 4.22. The SMILES string of the molecule is CC.COc1cc(N(C)C(C)=O)c(N)cc1OCCCN1CCCC1. The molecule has 0 aromatic heterocycles. The minimum absolute atomic E-state index is 0.0852. The molecule has 1 aliphatic rings. The lowest BCUT2D eigenvalue weighted by Gasteiger charge is -2.20. The molecule has 1 heterocycles. The summed E-state index contributed by atoms with van der Waals surface area (Å²) in [6.07, 6.45) is 3.57. The standard InChI is InChI=1S/C17H27N3O3.C2H6/c1-13(21)19(2)15-12-16(22-3)17(11-14(15)18)23-10-6-9-20-7-4-5-8-20;1-2/h11-12H,4-10,18H2,1-3H3;1-2H3. The molecule has 0 unspecified atom stereocenters. The Bertz CT molecular complexity index is 543. The number of methoxy groups -OCH3 is 1. The van der Waals surface area contributed by atoms with E-state index < -0.39 is 0 Å². The molecule has 1 aromatic rings. The maximum Gasteiger partial charge on any atom is 0.223 e. The fraction of sp³-hybridized carbons (Fsp3) is 0.632. The molecule has 0 atom stereocenters. The smallest absolute Gasteiger partial charge is 0.223 e. The van der Waals surface area contributed by atoms with Crippen LogP contribution in [0.15, 0.2) is 12.1 Å². The van der Waals surface area contributed by atoms with Gasteiger partial charge >= 0.3 is 0 Å². The molecule has 1 fully saturated rings. The maximum atomic E-state index is 11.5. The van der Waals surface area contributed by atoms with E-state index in [4.69, 9.17) is 15.2 Å². The highest BCUT2D eigenvalue weighted by Crippen LogP contribution is 2.36. The number of anilines is 2. The molecular weight excluding hydrogens is 318 g/mol.